The highest BCUT2D eigenvalue weighted by Gasteiger charge is 2.16. The number of aryl methyl sites for hydroxylation is 3. The summed E-state index contributed by atoms with van der Waals surface area (Å²) in [6, 6.07) is 9.65. The first-order valence-corrected chi connectivity index (χ1v) is 9.13. The van der Waals surface area contributed by atoms with Gasteiger partial charge in [-0.05, 0) is 54.8 Å². The molecule has 0 aliphatic heterocycles. The van der Waals surface area contributed by atoms with E-state index in [9.17, 15) is 14.9 Å². The SMILES string of the molecule is Cc1cc(C)c2occ(/C=C(/c3ccc([N+](=O)[O-])cc3)c3noc(C)n3)c(=O)c2c1. The van der Waals surface area contributed by atoms with Gasteiger partial charge < -0.3 is 8.94 Å². The third-order valence-electron chi connectivity index (χ3n) is 4.69. The summed E-state index contributed by atoms with van der Waals surface area (Å²) >= 11 is 0. The standard InChI is InChI=1S/C22H17N3O5/c1-12-8-13(2)21-19(9-12)20(26)16(11-29-21)10-18(22-23-14(3)30-24-22)15-4-6-17(7-5-15)25(27)28/h4-11H,1-3H3/b18-10-. The molecule has 2 aromatic carbocycles. The summed E-state index contributed by atoms with van der Waals surface area (Å²) in [6.07, 6.45) is 3.00. The molecule has 4 aromatic rings. The lowest BCUT2D eigenvalue weighted by Crippen LogP contribution is -2.06. The van der Waals surface area contributed by atoms with Gasteiger partial charge in [-0.3, -0.25) is 14.9 Å². The van der Waals surface area contributed by atoms with Crippen molar-refractivity contribution in [2.24, 2.45) is 0 Å². The van der Waals surface area contributed by atoms with Crippen molar-refractivity contribution in [3.05, 3.63) is 97.0 Å². The first kappa shape index (κ1) is 19.3. The van der Waals surface area contributed by atoms with E-state index >= 15 is 0 Å². The molecule has 0 unspecified atom stereocenters. The number of benzene rings is 2. The van der Waals surface area contributed by atoms with Crippen LogP contribution in [-0.4, -0.2) is 15.1 Å². The Hall–Kier alpha value is -4.07. The maximum absolute atomic E-state index is 13.1. The molecule has 0 bridgehead atoms. The number of nitro groups is 1. The zero-order valence-electron chi connectivity index (χ0n) is 16.5. The van der Waals surface area contributed by atoms with Crippen LogP contribution in [0.3, 0.4) is 0 Å². The Morgan fingerprint density at radius 1 is 1.13 bits per heavy atom. The summed E-state index contributed by atoms with van der Waals surface area (Å²) in [5.41, 5.74) is 3.53. The molecule has 8 nitrogen and oxygen atoms in total. The largest absolute Gasteiger partial charge is 0.463 e. The Morgan fingerprint density at radius 2 is 1.87 bits per heavy atom. The van der Waals surface area contributed by atoms with Crippen molar-refractivity contribution < 1.29 is 13.9 Å². The van der Waals surface area contributed by atoms with Gasteiger partial charge in [-0.25, -0.2) is 0 Å². The van der Waals surface area contributed by atoms with Crippen molar-refractivity contribution in [2.45, 2.75) is 20.8 Å². The van der Waals surface area contributed by atoms with Crippen molar-refractivity contribution in [1.29, 1.82) is 0 Å². The first-order valence-electron chi connectivity index (χ1n) is 9.13. The second-order valence-corrected chi connectivity index (χ2v) is 6.98. The van der Waals surface area contributed by atoms with E-state index in [0.717, 1.165) is 11.1 Å². The number of hydrogen-bond acceptors (Lipinski definition) is 7. The highest BCUT2D eigenvalue weighted by atomic mass is 16.6. The third kappa shape index (κ3) is 3.50. The maximum atomic E-state index is 13.1. The normalized spacial score (nSPS) is 11.8. The minimum absolute atomic E-state index is 0.0430. The van der Waals surface area contributed by atoms with Gasteiger partial charge in [0.15, 0.2) is 5.43 Å². The Kier molecular flexibility index (Phi) is 4.75. The van der Waals surface area contributed by atoms with Crippen molar-refractivity contribution in [2.75, 3.05) is 0 Å². The highest BCUT2D eigenvalue weighted by Crippen LogP contribution is 2.26. The summed E-state index contributed by atoms with van der Waals surface area (Å²) in [4.78, 5) is 27.9. The fourth-order valence-electron chi connectivity index (χ4n) is 3.31. The van der Waals surface area contributed by atoms with Gasteiger partial charge in [-0.15, -0.1) is 0 Å². The molecule has 150 valence electrons. The second-order valence-electron chi connectivity index (χ2n) is 6.98. The molecule has 0 N–H and O–H groups in total. The van der Waals surface area contributed by atoms with Crippen LogP contribution >= 0.6 is 0 Å². The number of fused-ring (bicyclic) bond motifs is 1. The van der Waals surface area contributed by atoms with Gasteiger partial charge in [-0.1, -0.05) is 11.2 Å². The minimum atomic E-state index is -0.478. The van der Waals surface area contributed by atoms with Crippen LogP contribution in [0.5, 0.6) is 0 Å². The van der Waals surface area contributed by atoms with E-state index in [0.29, 0.717) is 33.6 Å². The van der Waals surface area contributed by atoms with Crippen molar-refractivity contribution >= 4 is 28.3 Å². The van der Waals surface area contributed by atoms with Crippen LogP contribution in [0.4, 0.5) is 5.69 Å². The van der Waals surface area contributed by atoms with E-state index in [2.05, 4.69) is 10.1 Å². The van der Waals surface area contributed by atoms with Crippen LogP contribution in [0.1, 0.15) is 34.0 Å². The van der Waals surface area contributed by atoms with Crippen molar-refractivity contribution in [1.82, 2.24) is 10.1 Å². The monoisotopic (exact) mass is 403 g/mol. The van der Waals surface area contributed by atoms with Crippen LogP contribution in [0.2, 0.25) is 0 Å². The van der Waals surface area contributed by atoms with Gasteiger partial charge in [0.25, 0.3) is 5.69 Å². The summed E-state index contributed by atoms with van der Waals surface area (Å²) < 4.78 is 10.8. The minimum Gasteiger partial charge on any atom is -0.463 e. The molecule has 0 saturated heterocycles. The van der Waals surface area contributed by atoms with Crippen LogP contribution in [0.25, 0.3) is 22.6 Å². The molecule has 0 radical (unpaired) electrons. The van der Waals surface area contributed by atoms with Gasteiger partial charge in [0.1, 0.15) is 11.8 Å². The molecule has 0 amide bonds. The van der Waals surface area contributed by atoms with E-state index in [-0.39, 0.29) is 16.9 Å². The molecule has 2 heterocycles. The molecule has 4 rings (SSSR count). The predicted octanol–water partition coefficient (Wildman–Crippen LogP) is 4.60. The molecular formula is C22H17N3O5. The zero-order valence-corrected chi connectivity index (χ0v) is 16.5. The molecule has 30 heavy (non-hydrogen) atoms. The average molecular weight is 403 g/mol. The van der Waals surface area contributed by atoms with Crippen LogP contribution < -0.4 is 5.43 Å². The molecule has 0 saturated carbocycles. The second kappa shape index (κ2) is 7.40. The molecular weight excluding hydrogens is 386 g/mol. The predicted molar refractivity (Wildman–Crippen MR) is 111 cm³/mol. The Bertz CT molecular complexity index is 1360. The van der Waals surface area contributed by atoms with Gasteiger partial charge in [-0.2, -0.15) is 4.98 Å². The number of rotatable bonds is 4. The number of hydrogen-bond donors (Lipinski definition) is 0. The van der Waals surface area contributed by atoms with E-state index in [1.165, 1.54) is 18.4 Å². The molecule has 0 aliphatic rings. The van der Waals surface area contributed by atoms with Crippen LogP contribution in [0, 0.1) is 30.9 Å². The molecule has 0 aliphatic carbocycles. The van der Waals surface area contributed by atoms with E-state index in [1.54, 1.807) is 31.2 Å². The lowest BCUT2D eigenvalue weighted by Gasteiger charge is -2.06. The first-order chi connectivity index (χ1) is 14.3. The van der Waals surface area contributed by atoms with Crippen LogP contribution in [0.15, 0.2) is 56.4 Å². The van der Waals surface area contributed by atoms with Gasteiger partial charge in [0, 0.05) is 24.6 Å². The van der Waals surface area contributed by atoms with Crippen LogP contribution in [-0.2, 0) is 0 Å². The van der Waals surface area contributed by atoms with Gasteiger partial charge in [0.2, 0.25) is 11.7 Å². The summed E-state index contributed by atoms with van der Waals surface area (Å²) in [7, 11) is 0. The summed E-state index contributed by atoms with van der Waals surface area (Å²) in [5, 5.41) is 15.4. The maximum Gasteiger partial charge on any atom is 0.269 e. The lowest BCUT2D eigenvalue weighted by atomic mass is 10.0. The molecule has 2 aromatic heterocycles. The fraction of sp³-hybridized carbons (Fsp3) is 0.136. The Morgan fingerprint density at radius 3 is 2.50 bits per heavy atom. The molecule has 0 fully saturated rings. The third-order valence-corrected chi connectivity index (χ3v) is 4.69. The van der Waals surface area contributed by atoms with E-state index < -0.39 is 4.92 Å². The Labute approximate surface area is 170 Å². The number of nitrogens with zero attached hydrogens (tertiary/aromatic N) is 3. The van der Waals surface area contributed by atoms with Crippen molar-refractivity contribution in [3.63, 3.8) is 0 Å². The quantitative estimate of drug-likeness (QED) is 0.361. The summed E-state index contributed by atoms with van der Waals surface area (Å²) in [6.45, 7) is 5.46. The molecule has 0 spiro atoms. The van der Waals surface area contributed by atoms with E-state index in [4.69, 9.17) is 8.94 Å². The lowest BCUT2D eigenvalue weighted by molar-refractivity contribution is -0.384. The smallest absolute Gasteiger partial charge is 0.269 e. The average Bonchev–Trinajstić information content (AvgIpc) is 3.14. The summed E-state index contributed by atoms with van der Waals surface area (Å²) in [5.74, 6) is 0.621. The van der Waals surface area contributed by atoms with E-state index in [1.807, 2.05) is 19.9 Å². The van der Waals surface area contributed by atoms with Crippen molar-refractivity contribution in [3.8, 4) is 0 Å². The number of non-ortho nitro benzene ring substituents is 1. The van der Waals surface area contributed by atoms with Gasteiger partial charge >= 0.3 is 0 Å². The Balaban J connectivity index is 1.92. The molecule has 0 atom stereocenters. The highest BCUT2D eigenvalue weighted by molar-refractivity contribution is 5.91. The zero-order chi connectivity index (χ0) is 21.4. The topological polar surface area (TPSA) is 112 Å². The number of aromatic nitrogens is 2. The van der Waals surface area contributed by atoms with Gasteiger partial charge in [0.05, 0.1) is 15.9 Å². The number of nitro benzene ring substituents is 1. The molecule has 8 heteroatoms. The fourth-order valence-corrected chi connectivity index (χ4v) is 3.31.